The number of hydrogen-bond acceptors (Lipinski definition) is 3. The van der Waals surface area contributed by atoms with Crippen molar-refractivity contribution in [2.75, 3.05) is 25.5 Å². The molecule has 0 saturated carbocycles. The zero-order valence-corrected chi connectivity index (χ0v) is 13.0. The Hall–Kier alpha value is -1.61. The highest BCUT2D eigenvalue weighted by Gasteiger charge is 2.12. The average Bonchev–Trinajstić information content (AvgIpc) is 2.47. The third-order valence-electron chi connectivity index (χ3n) is 3.87. The first kappa shape index (κ1) is 14.8. The number of fused-ring (bicyclic) bond motifs is 1. The minimum atomic E-state index is 0.678. The molecule has 0 spiro atoms. The molecule has 0 saturated heterocycles. The molecular weight excluding hydrogens is 246 g/mol. The monoisotopic (exact) mass is 271 g/mol. The predicted molar refractivity (Wildman–Crippen MR) is 87.2 cm³/mol. The topological polar surface area (TPSA) is 28.2 Å². The second-order valence-electron chi connectivity index (χ2n) is 5.58. The van der Waals surface area contributed by atoms with Crippen molar-refractivity contribution in [3.8, 4) is 0 Å². The summed E-state index contributed by atoms with van der Waals surface area (Å²) < 4.78 is 0. The third-order valence-corrected chi connectivity index (χ3v) is 3.87. The maximum Gasteiger partial charge on any atom is 0.136 e. The molecule has 1 unspecified atom stereocenters. The minimum absolute atomic E-state index is 0.678. The van der Waals surface area contributed by atoms with Gasteiger partial charge in [-0.1, -0.05) is 44.5 Å². The fourth-order valence-electron chi connectivity index (χ4n) is 2.55. The van der Waals surface area contributed by atoms with Gasteiger partial charge >= 0.3 is 0 Å². The van der Waals surface area contributed by atoms with Crippen LogP contribution in [0.25, 0.3) is 10.8 Å². The summed E-state index contributed by atoms with van der Waals surface area (Å²) in [6.07, 6.45) is 3.20. The number of aromatic nitrogens is 1. The molecule has 2 rings (SSSR count). The number of rotatable bonds is 6. The maximum absolute atomic E-state index is 4.70. The molecule has 20 heavy (non-hydrogen) atoms. The molecule has 0 fully saturated rings. The van der Waals surface area contributed by atoms with Gasteiger partial charge in [0, 0.05) is 31.7 Å². The van der Waals surface area contributed by atoms with E-state index in [-0.39, 0.29) is 0 Å². The molecule has 1 heterocycles. The molecule has 0 radical (unpaired) electrons. The number of anilines is 1. The smallest absolute Gasteiger partial charge is 0.136 e. The zero-order valence-electron chi connectivity index (χ0n) is 13.0. The van der Waals surface area contributed by atoms with Crippen molar-refractivity contribution in [3.63, 3.8) is 0 Å². The van der Waals surface area contributed by atoms with Crippen LogP contribution in [0.3, 0.4) is 0 Å². The summed E-state index contributed by atoms with van der Waals surface area (Å²) in [5.74, 6) is 1.76. The van der Waals surface area contributed by atoms with Gasteiger partial charge in [0.1, 0.15) is 5.82 Å². The molecule has 1 aromatic carbocycles. The van der Waals surface area contributed by atoms with Gasteiger partial charge in [-0.05, 0) is 23.9 Å². The lowest BCUT2D eigenvalue weighted by Crippen LogP contribution is -2.25. The summed E-state index contributed by atoms with van der Waals surface area (Å²) in [6.45, 7) is 6.41. The van der Waals surface area contributed by atoms with E-state index in [1.807, 2.05) is 13.2 Å². The van der Waals surface area contributed by atoms with Gasteiger partial charge in [0.25, 0.3) is 0 Å². The van der Waals surface area contributed by atoms with Crippen LogP contribution in [0.4, 0.5) is 5.82 Å². The van der Waals surface area contributed by atoms with Gasteiger partial charge < -0.3 is 10.2 Å². The first-order valence-corrected chi connectivity index (χ1v) is 7.39. The fraction of sp³-hybridized carbons (Fsp3) is 0.471. The van der Waals surface area contributed by atoms with Gasteiger partial charge in [-0.3, -0.25) is 0 Å². The SMILES string of the molecule is CCC(C)CN(C)c1ncc(CNC)c2ccccc12. The Morgan fingerprint density at radius 1 is 1.25 bits per heavy atom. The van der Waals surface area contributed by atoms with Crippen LogP contribution in [0.1, 0.15) is 25.8 Å². The number of hydrogen-bond donors (Lipinski definition) is 1. The predicted octanol–water partition coefficient (Wildman–Crippen LogP) is 3.44. The van der Waals surface area contributed by atoms with Crippen molar-refractivity contribution in [1.82, 2.24) is 10.3 Å². The molecule has 2 aromatic rings. The highest BCUT2D eigenvalue weighted by molar-refractivity contribution is 5.94. The maximum atomic E-state index is 4.70. The quantitative estimate of drug-likeness (QED) is 0.872. The van der Waals surface area contributed by atoms with Crippen LogP contribution in [-0.2, 0) is 6.54 Å². The average molecular weight is 271 g/mol. The van der Waals surface area contributed by atoms with Crippen molar-refractivity contribution >= 4 is 16.6 Å². The lowest BCUT2D eigenvalue weighted by molar-refractivity contribution is 0.558. The number of nitrogens with zero attached hydrogens (tertiary/aromatic N) is 2. The first-order chi connectivity index (χ1) is 9.67. The second kappa shape index (κ2) is 6.71. The van der Waals surface area contributed by atoms with E-state index in [1.165, 1.54) is 22.8 Å². The minimum Gasteiger partial charge on any atom is -0.359 e. The van der Waals surface area contributed by atoms with Gasteiger partial charge in [-0.2, -0.15) is 0 Å². The summed E-state index contributed by atoms with van der Waals surface area (Å²) in [7, 11) is 4.11. The third kappa shape index (κ3) is 3.10. The Kier molecular flexibility index (Phi) is 4.96. The van der Waals surface area contributed by atoms with Crippen molar-refractivity contribution in [3.05, 3.63) is 36.0 Å². The van der Waals surface area contributed by atoms with Crippen molar-refractivity contribution in [2.24, 2.45) is 5.92 Å². The second-order valence-corrected chi connectivity index (χ2v) is 5.58. The lowest BCUT2D eigenvalue weighted by Gasteiger charge is -2.23. The highest BCUT2D eigenvalue weighted by Crippen LogP contribution is 2.27. The normalized spacial score (nSPS) is 12.6. The van der Waals surface area contributed by atoms with E-state index in [0.717, 1.165) is 18.9 Å². The lowest BCUT2D eigenvalue weighted by atomic mass is 10.1. The van der Waals surface area contributed by atoms with Crippen LogP contribution >= 0.6 is 0 Å². The molecular formula is C17H25N3. The molecule has 3 heteroatoms. The number of benzene rings is 1. The van der Waals surface area contributed by atoms with Crippen molar-refractivity contribution in [1.29, 1.82) is 0 Å². The van der Waals surface area contributed by atoms with Gasteiger partial charge in [-0.25, -0.2) is 4.98 Å². The van der Waals surface area contributed by atoms with Crippen LogP contribution in [0, 0.1) is 5.92 Å². The van der Waals surface area contributed by atoms with Crippen molar-refractivity contribution in [2.45, 2.75) is 26.8 Å². The van der Waals surface area contributed by atoms with Crippen LogP contribution in [0.15, 0.2) is 30.5 Å². The first-order valence-electron chi connectivity index (χ1n) is 7.39. The molecule has 0 aliphatic rings. The Morgan fingerprint density at radius 3 is 2.60 bits per heavy atom. The molecule has 108 valence electrons. The summed E-state index contributed by atoms with van der Waals surface area (Å²) in [6, 6.07) is 8.54. The van der Waals surface area contributed by atoms with Gasteiger partial charge in [-0.15, -0.1) is 0 Å². The zero-order chi connectivity index (χ0) is 14.5. The van der Waals surface area contributed by atoms with Crippen LogP contribution < -0.4 is 10.2 Å². The number of nitrogens with one attached hydrogen (secondary N) is 1. The van der Waals surface area contributed by atoms with E-state index in [2.05, 4.69) is 55.4 Å². The van der Waals surface area contributed by atoms with Gasteiger partial charge in [0.15, 0.2) is 0 Å². The Morgan fingerprint density at radius 2 is 1.95 bits per heavy atom. The van der Waals surface area contributed by atoms with E-state index in [1.54, 1.807) is 0 Å². The molecule has 0 amide bonds. The summed E-state index contributed by atoms with van der Waals surface area (Å²) in [5.41, 5.74) is 1.25. The van der Waals surface area contributed by atoms with Crippen LogP contribution in [0.5, 0.6) is 0 Å². The van der Waals surface area contributed by atoms with E-state index >= 15 is 0 Å². The fourth-order valence-corrected chi connectivity index (χ4v) is 2.55. The van der Waals surface area contributed by atoms with E-state index in [0.29, 0.717) is 5.92 Å². The van der Waals surface area contributed by atoms with Crippen LogP contribution in [0.2, 0.25) is 0 Å². The van der Waals surface area contributed by atoms with E-state index in [9.17, 15) is 0 Å². The van der Waals surface area contributed by atoms with Crippen LogP contribution in [-0.4, -0.2) is 25.6 Å². The summed E-state index contributed by atoms with van der Waals surface area (Å²) in [4.78, 5) is 6.98. The standard InChI is InChI=1S/C17H25N3/c1-5-13(2)12-20(4)17-16-9-7-6-8-15(16)14(10-18-3)11-19-17/h6-9,11,13,18H,5,10,12H2,1-4H3. The molecule has 3 nitrogen and oxygen atoms in total. The number of pyridine rings is 1. The molecule has 0 aliphatic heterocycles. The Bertz CT molecular complexity index is 565. The molecule has 1 N–H and O–H groups in total. The summed E-state index contributed by atoms with van der Waals surface area (Å²) >= 11 is 0. The Labute approximate surface area is 122 Å². The van der Waals surface area contributed by atoms with E-state index < -0.39 is 0 Å². The Balaban J connectivity index is 2.42. The van der Waals surface area contributed by atoms with Crippen molar-refractivity contribution < 1.29 is 0 Å². The molecule has 1 aromatic heterocycles. The summed E-state index contributed by atoms with van der Waals surface area (Å²) in [5, 5.41) is 5.75. The molecule has 1 atom stereocenters. The molecule has 0 aliphatic carbocycles. The largest absolute Gasteiger partial charge is 0.359 e. The van der Waals surface area contributed by atoms with Gasteiger partial charge in [0.05, 0.1) is 0 Å². The highest BCUT2D eigenvalue weighted by atomic mass is 15.2. The van der Waals surface area contributed by atoms with Gasteiger partial charge in [0.2, 0.25) is 0 Å². The van der Waals surface area contributed by atoms with E-state index in [4.69, 9.17) is 4.98 Å². The molecule has 0 bridgehead atoms.